The Morgan fingerprint density at radius 1 is 1.12 bits per heavy atom. The molecule has 0 fully saturated rings. The summed E-state index contributed by atoms with van der Waals surface area (Å²) in [5, 5.41) is 3.07. The van der Waals surface area contributed by atoms with Crippen molar-refractivity contribution in [2.24, 2.45) is 10.7 Å². The average molecular weight is 327 g/mol. The Bertz CT molecular complexity index is 657. The van der Waals surface area contributed by atoms with Gasteiger partial charge in [0.15, 0.2) is 5.96 Å². The van der Waals surface area contributed by atoms with Crippen molar-refractivity contribution in [2.45, 2.75) is 20.4 Å². The van der Waals surface area contributed by atoms with Gasteiger partial charge >= 0.3 is 0 Å². The van der Waals surface area contributed by atoms with E-state index in [9.17, 15) is 0 Å². The lowest BCUT2D eigenvalue weighted by Crippen LogP contribution is -2.22. The number of aryl methyl sites for hydroxylation is 1. The lowest BCUT2D eigenvalue weighted by Gasteiger charge is -2.12. The molecule has 0 saturated carbocycles. The zero-order valence-corrected chi connectivity index (χ0v) is 14.3. The highest BCUT2D eigenvalue weighted by Crippen LogP contribution is 2.21. The van der Waals surface area contributed by atoms with Crippen LogP contribution in [0, 0.1) is 6.92 Å². The standard InChI is InChI=1S/C19H25N3O2/c1-3-23-11-12-24-18-13-15(2)9-10-16(18)14-21-19(20)22-17-7-5-4-6-8-17/h4-10,13H,3,11-12,14H2,1-2H3,(H3,20,21,22). The molecule has 0 aliphatic carbocycles. The van der Waals surface area contributed by atoms with Gasteiger partial charge in [0.25, 0.3) is 0 Å². The maximum Gasteiger partial charge on any atom is 0.193 e. The van der Waals surface area contributed by atoms with Crippen LogP contribution < -0.4 is 15.8 Å². The fourth-order valence-electron chi connectivity index (χ4n) is 2.16. The Kier molecular flexibility index (Phi) is 7.11. The largest absolute Gasteiger partial charge is 0.491 e. The van der Waals surface area contributed by atoms with Crippen LogP contribution in [0.3, 0.4) is 0 Å². The first-order chi connectivity index (χ1) is 11.7. The van der Waals surface area contributed by atoms with E-state index in [-0.39, 0.29) is 0 Å². The number of nitrogens with one attached hydrogen (secondary N) is 1. The molecule has 2 rings (SSSR count). The number of nitrogens with zero attached hydrogens (tertiary/aromatic N) is 1. The van der Waals surface area contributed by atoms with Gasteiger partial charge in [0, 0.05) is 17.9 Å². The van der Waals surface area contributed by atoms with Gasteiger partial charge in [-0.15, -0.1) is 0 Å². The van der Waals surface area contributed by atoms with Crippen molar-refractivity contribution in [3.63, 3.8) is 0 Å². The fraction of sp³-hybridized carbons (Fsp3) is 0.316. The van der Waals surface area contributed by atoms with E-state index >= 15 is 0 Å². The molecular formula is C19H25N3O2. The molecule has 2 aromatic carbocycles. The average Bonchev–Trinajstić information content (AvgIpc) is 2.59. The molecule has 0 aliphatic rings. The minimum atomic E-state index is 0.377. The van der Waals surface area contributed by atoms with Crippen LogP contribution in [0.1, 0.15) is 18.1 Å². The van der Waals surface area contributed by atoms with E-state index in [4.69, 9.17) is 15.2 Å². The first-order valence-corrected chi connectivity index (χ1v) is 8.11. The molecule has 5 nitrogen and oxygen atoms in total. The molecule has 0 saturated heterocycles. The zero-order valence-electron chi connectivity index (χ0n) is 14.3. The first-order valence-electron chi connectivity index (χ1n) is 8.11. The van der Waals surface area contributed by atoms with Crippen LogP contribution in [-0.2, 0) is 11.3 Å². The van der Waals surface area contributed by atoms with E-state index in [1.807, 2.05) is 62.4 Å². The number of hydrogen-bond acceptors (Lipinski definition) is 3. The van der Waals surface area contributed by atoms with Gasteiger partial charge < -0.3 is 20.5 Å². The highest BCUT2D eigenvalue weighted by atomic mass is 16.5. The van der Waals surface area contributed by atoms with E-state index in [2.05, 4.69) is 10.3 Å². The van der Waals surface area contributed by atoms with Gasteiger partial charge in [0.1, 0.15) is 12.4 Å². The minimum Gasteiger partial charge on any atom is -0.491 e. The number of nitrogens with two attached hydrogens (primary N) is 1. The summed E-state index contributed by atoms with van der Waals surface area (Å²) in [6.07, 6.45) is 0. The summed E-state index contributed by atoms with van der Waals surface area (Å²) in [5.74, 6) is 1.20. The summed E-state index contributed by atoms with van der Waals surface area (Å²) in [6.45, 7) is 6.24. The molecule has 0 spiro atoms. The fourth-order valence-corrected chi connectivity index (χ4v) is 2.16. The maximum absolute atomic E-state index is 5.95. The summed E-state index contributed by atoms with van der Waals surface area (Å²) in [7, 11) is 0. The smallest absolute Gasteiger partial charge is 0.193 e. The first kappa shape index (κ1) is 17.8. The Balaban J connectivity index is 1.98. The maximum atomic E-state index is 5.95. The van der Waals surface area contributed by atoms with Gasteiger partial charge in [-0.25, -0.2) is 4.99 Å². The Hall–Kier alpha value is -2.53. The SMILES string of the molecule is CCOCCOc1cc(C)ccc1CN=C(N)Nc1ccccc1. The normalized spacial score (nSPS) is 11.3. The summed E-state index contributed by atoms with van der Waals surface area (Å²) < 4.78 is 11.1. The van der Waals surface area contributed by atoms with E-state index in [0.29, 0.717) is 32.3 Å². The van der Waals surface area contributed by atoms with Crippen LogP contribution in [0.25, 0.3) is 0 Å². The summed E-state index contributed by atoms with van der Waals surface area (Å²) in [4.78, 5) is 4.40. The Morgan fingerprint density at radius 2 is 1.92 bits per heavy atom. The lowest BCUT2D eigenvalue weighted by atomic mass is 10.1. The van der Waals surface area contributed by atoms with Gasteiger partial charge in [-0.2, -0.15) is 0 Å². The van der Waals surface area contributed by atoms with E-state index in [0.717, 1.165) is 22.6 Å². The monoisotopic (exact) mass is 327 g/mol. The van der Waals surface area contributed by atoms with Crippen molar-refractivity contribution in [2.75, 3.05) is 25.1 Å². The number of ether oxygens (including phenoxy) is 2. The van der Waals surface area contributed by atoms with E-state index in [1.165, 1.54) is 0 Å². The second kappa shape index (κ2) is 9.57. The van der Waals surface area contributed by atoms with Crippen molar-refractivity contribution in [1.29, 1.82) is 0 Å². The molecule has 128 valence electrons. The molecule has 0 heterocycles. The van der Waals surface area contributed by atoms with Crippen LogP contribution >= 0.6 is 0 Å². The third-order valence-corrected chi connectivity index (χ3v) is 3.38. The van der Waals surface area contributed by atoms with Crippen LogP contribution in [0.5, 0.6) is 5.75 Å². The number of para-hydroxylation sites is 1. The number of guanidine groups is 1. The number of anilines is 1. The number of hydrogen-bond donors (Lipinski definition) is 2. The molecule has 0 unspecified atom stereocenters. The van der Waals surface area contributed by atoms with Crippen LogP contribution in [0.2, 0.25) is 0 Å². The Labute approximate surface area is 143 Å². The van der Waals surface area contributed by atoms with Gasteiger partial charge in [-0.3, -0.25) is 0 Å². The molecule has 0 bridgehead atoms. The van der Waals surface area contributed by atoms with Crippen LogP contribution in [0.4, 0.5) is 5.69 Å². The van der Waals surface area contributed by atoms with Gasteiger partial charge in [-0.1, -0.05) is 30.3 Å². The molecule has 3 N–H and O–H groups in total. The van der Waals surface area contributed by atoms with Crippen molar-refractivity contribution in [3.05, 3.63) is 59.7 Å². The number of rotatable bonds is 8. The third-order valence-electron chi connectivity index (χ3n) is 3.38. The van der Waals surface area contributed by atoms with Crippen molar-refractivity contribution in [3.8, 4) is 5.75 Å². The highest BCUT2D eigenvalue weighted by molar-refractivity contribution is 5.92. The lowest BCUT2D eigenvalue weighted by molar-refractivity contribution is 0.110. The van der Waals surface area contributed by atoms with E-state index in [1.54, 1.807) is 0 Å². The third kappa shape index (κ3) is 5.93. The Morgan fingerprint density at radius 3 is 2.67 bits per heavy atom. The topological polar surface area (TPSA) is 68.9 Å². The van der Waals surface area contributed by atoms with Crippen molar-refractivity contribution < 1.29 is 9.47 Å². The van der Waals surface area contributed by atoms with Crippen molar-refractivity contribution in [1.82, 2.24) is 0 Å². The van der Waals surface area contributed by atoms with Gasteiger partial charge in [-0.05, 0) is 37.6 Å². The minimum absolute atomic E-state index is 0.377. The summed E-state index contributed by atoms with van der Waals surface area (Å²) in [5.41, 5.74) is 9.00. The quantitative estimate of drug-likeness (QED) is 0.443. The summed E-state index contributed by atoms with van der Waals surface area (Å²) in [6, 6.07) is 15.8. The number of aliphatic imine (C=N–C) groups is 1. The molecule has 0 aliphatic heterocycles. The van der Waals surface area contributed by atoms with Crippen LogP contribution in [-0.4, -0.2) is 25.8 Å². The van der Waals surface area contributed by atoms with Crippen LogP contribution in [0.15, 0.2) is 53.5 Å². The molecule has 2 aromatic rings. The summed E-state index contributed by atoms with van der Waals surface area (Å²) >= 11 is 0. The molecule has 0 radical (unpaired) electrons. The second-order valence-electron chi connectivity index (χ2n) is 5.35. The highest BCUT2D eigenvalue weighted by Gasteiger charge is 2.04. The van der Waals surface area contributed by atoms with Gasteiger partial charge in [0.05, 0.1) is 13.2 Å². The van der Waals surface area contributed by atoms with Gasteiger partial charge in [0.2, 0.25) is 0 Å². The molecule has 0 atom stereocenters. The molecule has 0 amide bonds. The predicted molar refractivity (Wildman–Crippen MR) is 98.6 cm³/mol. The predicted octanol–water partition coefficient (Wildman–Crippen LogP) is 3.34. The molecular weight excluding hydrogens is 302 g/mol. The zero-order chi connectivity index (χ0) is 17.2. The van der Waals surface area contributed by atoms with Crippen molar-refractivity contribution >= 4 is 11.6 Å². The molecule has 24 heavy (non-hydrogen) atoms. The number of benzene rings is 2. The molecule has 0 aromatic heterocycles. The molecule has 5 heteroatoms. The second-order valence-corrected chi connectivity index (χ2v) is 5.35. The van der Waals surface area contributed by atoms with E-state index < -0.39 is 0 Å².